The summed E-state index contributed by atoms with van der Waals surface area (Å²) in [6, 6.07) is 1.28. The Labute approximate surface area is 107 Å². The topological polar surface area (TPSA) is 24.5 Å². The molecule has 1 fully saturated rings. The molecule has 102 valence electrons. The lowest BCUT2D eigenvalue weighted by Gasteiger charge is -2.33. The van der Waals surface area contributed by atoms with E-state index in [2.05, 4.69) is 37.9 Å². The van der Waals surface area contributed by atoms with E-state index < -0.39 is 0 Å². The van der Waals surface area contributed by atoms with Crippen molar-refractivity contribution in [1.29, 1.82) is 0 Å². The zero-order chi connectivity index (χ0) is 12.7. The Morgan fingerprint density at radius 2 is 2.06 bits per heavy atom. The maximum absolute atomic E-state index is 5.64. The molecule has 0 saturated carbocycles. The molecule has 0 spiro atoms. The fourth-order valence-corrected chi connectivity index (χ4v) is 2.59. The van der Waals surface area contributed by atoms with Crippen molar-refractivity contribution >= 4 is 0 Å². The van der Waals surface area contributed by atoms with Crippen LogP contribution in [0.1, 0.15) is 40.5 Å². The van der Waals surface area contributed by atoms with E-state index in [1.165, 1.54) is 19.4 Å². The molecule has 0 aromatic rings. The minimum absolute atomic E-state index is 0.576. The third kappa shape index (κ3) is 4.94. The average Bonchev–Trinajstić information content (AvgIpc) is 2.54. The molecule has 1 rings (SSSR count). The van der Waals surface area contributed by atoms with E-state index in [0.717, 1.165) is 26.3 Å². The minimum Gasteiger partial charge on any atom is -0.380 e. The molecule has 0 aromatic carbocycles. The van der Waals surface area contributed by atoms with Gasteiger partial charge in [0, 0.05) is 38.3 Å². The molecular formula is C14H30N2O. The maximum Gasteiger partial charge on any atom is 0.0624 e. The molecule has 0 aliphatic carbocycles. The van der Waals surface area contributed by atoms with Gasteiger partial charge in [0.05, 0.1) is 6.61 Å². The van der Waals surface area contributed by atoms with Gasteiger partial charge in [-0.2, -0.15) is 0 Å². The highest BCUT2D eigenvalue weighted by Gasteiger charge is 2.24. The van der Waals surface area contributed by atoms with Gasteiger partial charge in [0.1, 0.15) is 0 Å². The van der Waals surface area contributed by atoms with E-state index in [-0.39, 0.29) is 0 Å². The van der Waals surface area contributed by atoms with Crippen molar-refractivity contribution in [2.24, 2.45) is 5.92 Å². The number of hydrogen-bond donors (Lipinski definition) is 1. The Morgan fingerprint density at radius 1 is 1.29 bits per heavy atom. The molecular weight excluding hydrogens is 212 g/mol. The number of nitrogens with zero attached hydrogens (tertiary/aromatic N) is 1. The average molecular weight is 242 g/mol. The predicted octanol–water partition coefficient (Wildman–Crippen LogP) is 2.12. The quantitative estimate of drug-likeness (QED) is 0.772. The molecule has 3 heteroatoms. The molecule has 0 radical (unpaired) electrons. The highest BCUT2D eigenvalue weighted by atomic mass is 16.5. The molecule has 2 atom stereocenters. The zero-order valence-electron chi connectivity index (χ0n) is 12.0. The first-order valence-corrected chi connectivity index (χ1v) is 7.24. The second-order valence-corrected chi connectivity index (χ2v) is 5.35. The van der Waals surface area contributed by atoms with Gasteiger partial charge in [-0.15, -0.1) is 0 Å². The monoisotopic (exact) mass is 242 g/mol. The molecule has 1 aliphatic heterocycles. The first-order valence-electron chi connectivity index (χ1n) is 7.24. The molecule has 17 heavy (non-hydrogen) atoms. The second-order valence-electron chi connectivity index (χ2n) is 5.35. The van der Waals surface area contributed by atoms with Gasteiger partial charge < -0.3 is 10.1 Å². The highest BCUT2D eigenvalue weighted by Crippen LogP contribution is 2.15. The molecule has 3 nitrogen and oxygen atoms in total. The first kappa shape index (κ1) is 14.9. The standard InChI is InChI=1S/C14H30N2O/c1-5-13-7-9-16(10-8-15-13)14(12(3)4)11-17-6-2/h12-15H,5-11H2,1-4H3. The Bertz CT molecular complexity index is 197. The third-order valence-corrected chi connectivity index (χ3v) is 3.82. The fraction of sp³-hybridized carbons (Fsp3) is 1.00. The number of hydrogen-bond acceptors (Lipinski definition) is 3. The third-order valence-electron chi connectivity index (χ3n) is 3.82. The minimum atomic E-state index is 0.576. The van der Waals surface area contributed by atoms with Gasteiger partial charge in [-0.25, -0.2) is 0 Å². The summed E-state index contributed by atoms with van der Waals surface area (Å²) in [7, 11) is 0. The second kappa shape index (κ2) is 8.06. The van der Waals surface area contributed by atoms with Gasteiger partial charge in [-0.3, -0.25) is 4.90 Å². The van der Waals surface area contributed by atoms with Crippen LogP contribution in [0.3, 0.4) is 0 Å². The molecule has 1 heterocycles. The molecule has 1 N–H and O–H groups in total. The van der Waals surface area contributed by atoms with Crippen molar-refractivity contribution in [2.75, 3.05) is 32.8 Å². The van der Waals surface area contributed by atoms with Gasteiger partial charge in [0.25, 0.3) is 0 Å². The van der Waals surface area contributed by atoms with Crippen molar-refractivity contribution in [3.8, 4) is 0 Å². The van der Waals surface area contributed by atoms with E-state index in [1.807, 2.05) is 0 Å². The van der Waals surface area contributed by atoms with Crippen LogP contribution >= 0.6 is 0 Å². The van der Waals surface area contributed by atoms with E-state index in [9.17, 15) is 0 Å². The first-order chi connectivity index (χ1) is 8.19. The summed E-state index contributed by atoms with van der Waals surface area (Å²) in [5.41, 5.74) is 0. The van der Waals surface area contributed by atoms with E-state index in [4.69, 9.17) is 4.74 Å². The summed E-state index contributed by atoms with van der Waals surface area (Å²) in [6.45, 7) is 14.2. The normalized spacial score (nSPS) is 24.9. The molecule has 0 aromatic heterocycles. The number of nitrogens with one attached hydrogen (secondary N) is 1. The van der Waals surface area contributed by atoms with E-state index >= 15 is 0 Å². The van der Waals surface area contributed by atoms with Crippen molar-refractivity contribution < 1.29 is 4.74 Å². The highest BCUT2D eigenvalue weighted by molar-refractivity contribution is 4.80. The summed E-state index contributed by atoms with van der Waals surface area (Å²) in [5, 5.41) is 3.63. The molecule has 2 unspecified atom stereocenters. The van der Waals surface area contributed by atoms with Crippen LogP contribution in [-0.2, 0) is 4.74 Å². The Morgan fingerprint density at radius 3 is 2.65 bits per heavy atom. The Balaban J connectivity index is 2.49. The lowest BCUT2D eigenvalue weighted by molar-refractivity contribution is 0.0469. The fourth-order valence-electron chi connectivity index (χ4n) is 2.59. The molecule has 1 aliphatic rings. The molecule has 0 amide bonds. The van der Waals surface area contributed by atoms with Gasteiger partial charge in [0.2, 0.25) is 0 Å². The largest absolute Gasteiger partial charge is 0.380 e. The van der Waals surface area contributed by atoms with Crippen LogP contribution in [0.15, 0.2) is 0 Å². The lowest BCUT2D eigenvalue weighted by Crippen LogP contribution is -2.44. The van der Waals surface area contributed by atoms with Crippen molar-refractivity contribution in [3.63, 3.8) is 0 Å². The van der Waals surface area contributed by atoms with E-state index in [0.29, 0.717) is 18.0 Å². The summed E-state index contributed by atoms with van der Waals surface area (Å²) >= 11 is 0. The van der Waals surface area contributed by atoms with Crippen molar-refractivity contribution in [3.05, 3.63) is 0 Å². The van der Waals surface area contributed by atoms with Crippen LogP contribution in [0, 0.1) is 5.92 Å². The van der Waals surface area contributed by atoms with Crippen molar-refractivity contribution in [1.82, 2.24) is 10.2 Å². The molecule has 1 saturated heterocycles. The van der Waals surface area contributed by atoms with Crippen LogP contribution in [0.25, 0.3) is 0 Å². The van der Waals surface area contributed by atoms with Crippen LogP contribution < -0.4 is 5.32 Å². The maximum atomic E-state index is 5.64. The zero-order valence-corrected chi connectivity index (χ0v) is 12.0. The van der Waals surface area contributed by atoms with Crippen LogP contribution in [0.5, 0.6) is 0 Å². The van der Waals surface area contributed by atoms with Crippen molar-refractivity contribution in [2.45, 2.75) is 52.6 Å². The van der Waals surface area contributed by atoms with Crippen LogP contribution in [0.2, 0.25) is 0 Å². The van der Waals surface area contributed by atoms with Gasteiger partial charge in [0.15, 0.2) is 0 Å². The summed E-state index contributed by atoms with van der Waals surface area (Å²) in [6.07, 6.45) is 2.51. The van der Waals surface area contributed by atoms with Gasteiger partial charge >= 0.3 is 0 Å². The lowest BCUT2D eigenvalue weighted by atomic mass is 10.0. The smallest absolute Gasteiger partial charge is 0.0624 e. The van der Waals surface area contributed by atoms with Gasteiger partial charge in [-0.05, 0) is 25.7 Å². The summed E-state index contributed by atoms with van der Waals surface area (Å²) in [5.74, 6) is 0.666. The SMILES string of the molecule is CCOCC(C(C)C)N1CCNC(CC)CC1. The number of ether oxygens (including phenoxy) is 1. The Hall–Kier alpha value is -0.120. The van der Waals surface area contributed by atoms with Crippen LogP contribution in [0.4, 0.5) is 0 Å². The summed E-state index contributed by atoms with van der Waals surface area (Å²) in [4.78, 5) is 2.61. The van der Waals surface area contributed by atoms with E-state index in [1.54, 1.807) is 0 Å². The van der Waals surface area contributed by atoms with Gasteiger partial charge in [-0.1, -0.05) is 20.8 Å². The predicted molar refractivity (Wildman–Crippen MR) is 73.4 cm³/mol. The number of rotatable bonds is 6. The Kier molecular flexibility index (Phi) is 7.09. The molecule has 0 bridgehead atoms. The van der Waals surface area contributed by atoms with Crippen LogP contribution in [-0.4, -0.2) is 49.8 Å². The summed E-state index contributed by atoms with van der Waals surface area (Å²) < 4.78 is 5.64.